The fraction of sp³-hybridized carbons (Fsp3) is 0.500. The molecule has 1 aromatic carbocycles. The highest BCUT2D eigenvalue weighted by molar-refractivity contribution is 9.09. The first-order valence-electron chi connectivity index (χ1n) is 6.16. The number of ether oxygens (including phenoxy) is 1. The third-order valence-corrected chi connectivity index (χ3v) is 3.68. The SMILES string of the molecule is COCC(=O)N1c2ccc(CCBr)cc2CC1C. The predicted octanol–water partition coefficient (Wildman–Crippen LogP) is 2.55. The van der Waals surface area contributed by atoms with Gasteiger partial charge >= 0.3 is 0 Å². The Hall–Kier alpha value is -0.870. The maximum atomic E-state index is 12.0. The van der Waals surface area contributed by atoms with Crippen molar-refractivity contribution in [1.29, 1.82) is 0 Å². The zero-order valence-corrected chi connectivity index (χ0v) is 12.4. The van der Waals surface area contributed by atoms with Crippen LogP contribution in [0.3, 0.4) is 0 Å². The molecule has 1 atom stereocenters. The third kappa shape index (κ3) is 2.59. The summed E-state index contributed by atoms with van der Waals surface area (Å²) in [5, 5.41) is 0.966. The zero-order valence-electron chi connectivity index (χ0n) is 10.8. The van der Waals surface area contributed by atoms with Crippen molar-refractivity contribution in [3.63, 3.8) is 0 Å². The molecule has 1 aromatic rings. The number of methoxy groups -OCH3 is 1. The molecule has 0 radical (unpaired) electrons. The molecule has 0 N–H and O–H groups in total. The molecule has 0 aliphatic carbocycles. The number of benzene rings is 1. The molecule has 1 unspecified atom stereocenters. The summed E-state index contributed by atoms with van der Waals surface area (Å²) in [4.78, 5) is 13.9. The highest BCUT2D eigenvalue weighted by Gasteiger charge is 2.30. The molecule has 18 heavy (non-hydrogen) atoms. The highest BCUT2D eigenvalue weighted by atomic mass is 79.9. The van der Waals surface area contributed by atoms with E-state index in [1.54, 1.807) is 7.11 Å². The summed E-state index contributed by atoms with van der Waals surface area (Å²) >= 11 is 3.45. The molecule has 3 nitrogen and oxygen atoms in total. The van der Waals surface area contributed by atoms with Crippen LogP contribution in [-0.2, 0) is 22.4 Å². The lowest BCUT2D eigenvalue weighted by Gasteiger charge is -2.22. The molecule has 4 heteroatoms. The molecule has 0 saturated heterocycles. The molecule has 1 aliphatic heterocycles. The van der Waals surface area contributed by atoms with Crippen molar-refractivity contribution in [2.45, 2.75) is 25.8 Å². The van der Waals surface area contributed by atoms with Crippen molar-refractivity contribution in [3.05, 3.63) is 29.3 Å². The van der Waals surface area contributed by atoms with Gasteiger partial charge in [0.1, 0.15) is 6.61 Å². The average Bonchev–Trinajstić information content (AvgIpc) is 2.65. The first kappa shape index (κ1) is 13.6. The summed E-state index contributed by atoms with van der Waals surface area (Å²) in [5.41, 5.74) is 3.63. The minimum absolute atomic E-state index is 0.0389. The molecule has 0 spiro atoms. The number of anilines is 1. The van der Waals surface area contributed by atoms with Crippen LogP contribution in [0.4, 0.5) is 5.69 Å². The molecule has 1 aliphatic rings. The highest BCUT2D eigenvalue weighted by Crippen LogP contribution is 2.33. The largest absolute Gasteiger partial charge is 0.375 e. The van der Waals surface area contributed by atoms with Gasteiger partial charge in [0, 0.05) is 24.2 Å². The van der Waals surface area contributed by atoms with Crippen LogP contribution in [0.15, 0.2) is 18.2 Å². The van der Waals surface area contributed by atoms with Crippen LogP contribution in [0.1, 0.15) is 18.1 Å². The van der Waals surface area contributed by atoms with E-state index >= 15 is 0 Å². The maximum Gasteiger partial charge on any atom is 0.253 e. The Bertz CT molecular complexity index is 447. The fourth-order valence-corrected chi connectivity index (χ4v) is 2.98. The van der Waals surface area contributed by atoms with Gasteiger partial charge in [0.15, 0.2) is 0 Å². The second-order valence-electron chi connectivity index (χ2n) is 4.65. The Balaban J connectivity index is 2.26. The number of alkyl halides is 1. The summed E-state index contributed by atoms with van der Waals surface area (Å²) < 4.78 is 4.94. The van der Waals surface area contributed by atoms with Gasteiger partial charge in [-0.2, -0.15) is 0 Å². The Labute approximate surface area is 116 Å². The van der Waals surface area contributed by atoms with E-state index in [0.29, 0.717) is 0 Å². The lowest BCUT2D eigenvalue weighted by Crippen LogP contribution is -2.38. The Morgan fingerprint density at radius 2 is 2.33 bits per heavy atom. The van der Waals surface area contributed by atoms with E-state index in [0.717, 1.165) is 23.9 Å². The minimum atomic E-state index is 0.0389. The maximum absolute atomic E-state index is 12.0. The number of rotatable bonds is 4. The van der Waals surface area contributed by atoms with Gasteiger partial charge in [-0.15, -0.1) is 0 Å². The number of aryl methyl sites for hydroxylation is 1. The van der Waals surface area contributed by atoms with E-state index in [2.05, 4.69) is 41.1 Å². The predicted molar refractivity (Wildman–Crippen MR) is 76.5 cm³/mol. The Kier molecular flexibility index (Phi) is 4.40. The third-order valence-electron chi connectivity index (χ3n) is 3.28. The Morgan fingerprint density at radius 3 is 3.00 bits per heavy atom. The van der Waals surface area contributed by atoms with Crippen LogP contribution in [0.5, 0.6) is 0 Å². The van der Waals surface area contributed by atoms with Gasteiger partial charge in [-0.05, 0) is 37.0 Å². The van der Waals surface area contributed by atoms with Crippen LogP contribution in [0.2, 0.25) is 0 Å². The minimum Gasteiger partial charge on any atom is -0.375 e. The normalized spacial score (nSPS) is 17.9. The lowest BCUT2D eigenvalue weighted by atomic mass is 10.1. The van der Waals surface area contributed by atoms with E-state index in [9.17, 15) is 4.79 Å². The van der Waals surface area contributed by atoms with Gasteiger partial charge in [0.25, 0.3) is 5.91 Å². The summed E-state index contributed by atoms with van der Waals surface area (Å²) in [6.45, 7) is 2.23. The Morgan fingerprint density at radius 1 is 1.56 bits per heavy atom. The molecular weight excluding hydrogens is 294 g/mol. The van der Waals surface area contributed by atoms with Crippen molar-refractivity contribution in [2.24, 2.45) is 0 Å². The first-order chi connectivity index (χ1) is 8.67. The van der Waals surface area contributed by atoms with Crippen molar-refractivity contribution in [2.75, 3.05) is 23.9 Å². The lowest BCUT2D eigenvalue weighted by molar-refractivity contribution is -0.122. The molecular formula is C14H18BrNO2. The van der Waals surface area contributed by atoms with Crippen molar-refractivity contribution >= 4 is 27.5 Å². The standard InChI is InChI=1S/C14H18BrNO2/c1-10-7-12-8-11(5-6-15)3-4-13(12)16(10)14(17)9-18-2/h3-4,8,10H,5-7,9H2,1-2H3. The van der Waals surface area contributed by atoms with Crippen LogP contribution in [0, 0.1) is 0 Å². The van der Waals surface area contributed by atoms with Gasteiger partial charge in [-0.1, -0.05) is 28.1 Å². The monoisotopic (exact) mass is 311 g/mol. The summed E-state index contributed by atoms with van der Waals surface area (Å²) in [6.07, 6.45) is 1.95. The van der Waals surface area contributed by atoms with Gasteiger partial charge in [0.2, 0.25) is 0 Å². The van der Waals surface area contributed by atoms with E-state index < -0.39 is 0 Å². The molecule has 0 aromatic heterocycles. The molecule has 2 rings (SSSR count). The summed E-state index contributed by atoms with van der Waals surface area (Å²) in [5.74, 6) is 0.0389. The number of halogens is 1. The van der Waals surface area contributed by atoms with E-state index in [-0.39, 0.29) is 18.6 Å². The number of fused-ring (bicyclic) bond motifs is 1. The number of nitrogens with zero attached hydrogens (tertiary/aromatic N) is 1. The second kappa shape index (κ2) is 5.85. The quantitative estimate of drug-likeness (QED) is 0.800. The van der Waals surface area contributed by atoms with Crippen molar-refractivity contribution in [3.8, 4) is 0 Å². The van der Waals surface area contributed by atoms with E-state index in [4.69, 9.17) is 4.74 Å². The van der Waals surface area contributed by atoms with Gasteiger partial charge in [-0.25, -0.2) is 0 Å². The van der Waals surface area contributed by atoms with Crippen LogP contribution >= 0.6 is 15.9 Å². The van der Waals surface area contributed by atoms with Crippen molar-refractivity contribution < 1.29 is 9.53 Å². The second-order valence-corrected chi connectivity index (χ2v) is 5.44. The van der Waals surface area contributed by atoms with E-state index in [1.807, 2.05) is 4.90 Å². The number of hydrogen-bond donors (Lipinski definition) is 0. The smallest absolute Gasteiger partial charge is 0.253 e. The summed E-state index contributed by atoms with van der Waals surface area (Å²) in [6, 6.07) is 6.60. The van der Waals surface area contributed by atoms with Crippen LogP contribution in [0.25, 0.3) is 0 Å². The van der Waals surface area contributed by atoms with Crippen LogP contribution < -0.4 is 4.90 Å². The van der Waals surface area contributed by atoms with Gasteiger partial charge in [0.05, 0.1) is 0 Å². The molecule has 0 fully saturated rings. The average molecular weight is 312 g/mol. The van der Waals surface area contributed by atoms with Gasteiger partial charge in [-0.3, -0.25) is 4.79 Å². The summed E-state index contributed by atoms with van der Waals surface area (Å²) in [7, 11) is 1.55. The number of carbonyl (C=O) groups excluding carboxylic acids is 1. The zero-order chi connectivity index (χ0) is 13.1. The van der Waals surface area contributed by atoms with E-state index in [1.165, 1.54) is 11.1 Å². The molecule has 1 heterocycles. The molecule has 1 amide bonds. The van der Waals surface area contributed by atoms with Crippen molar-refractivity contribution in [1.82, 2.24) is 0 Å². The number of hydrogen-bond acceptors (Lipinski definition) is 2. The number of amides is 1. The van der Waals surface area contributed by atoms with Gasteiger partial charge < -0.3 is 9.64 Å². The molecule has 0 saturated carbocycles. The molecule has 98 valence electrons. The first-order valence-corrected chi connectivity index (χ1v) is 7.28. The number of carbonyl (C=O) groups is 1. The fourth-order valence-electron chi connectivity index (χ4n) is 2.52. The topological polar surface area (TPSA) is 29.5 Å². The van der Waals surface area contributed by atoms with Crippen LogP contribution in [-0.4, -0.2) is 31.0 Å². The molecule has 0 bridgehead atoms.